The van der Waals surface area contributed by atoms with Crippen LogP contribution in [0.15, 0.2) is 36.4 Å². The largest absolute Gasteiger partial charge is 0.488 e. The molecular formula is C42H62O8. The molecule has 0 fully saturated rings. The van der Waals surface area contributed by atoms with Crippen LogP contribution in [0.1, 0.15) is 116 Å². The van der Waals surface area contributed by atoms with Crippen molar-refractivity contribution in [2.24, 2.45) is 0 Å². The summed E-state index contributed by atoms with van der Waals surface area (Å²) in [6.07, 6.45) is 13.1. The molecular weight excluding hydrogens is 632 g/mol. The minimum atomic E-state index is -0.551. The highest BCUT2D eigenvalue weighted by Crippen LogP contribution is 2.43. The number of fused-ring (bicyclic) bond motifs is 2. The molecule has 3 aromatic rings. The van der Waals surface area contributed by atoms with Gasteiger partial charge in [0.25, 0.3) is 0 Å². The molecule has 2 atom stereocenters. The number of rotatable bonds is 26. The summed E-state index contributed by atoms with van der Waals surface area (Å²) in [6, 6.07) is 12.3. The fourth-order valence-corrected chi connectivity index (χ4v) is 6.14. The van der Waals surface area contributed by atoms with E-state index >= 15 is 0 Å². The molecule has 0 radical (unpaired) electrons. The van der Waals surface area contributed by atoms with Crippen LogP contribution in [0.2, 0.25) is 0 Å². The van der Waals surface area contributed by atoms with Gasteiger partial charge < -0.3 is 28.4 Å². The lowest BCUT2D eigenvalue weighted by Gasteiger charge is -2.23. The van der Waals surface area contributed by atoms with Gasteiger partial charge in [-0.2, -0.15) is 0 Å². The van der Waals surface area contributed by atoms with Gasteiger partial charge in [0.15, 0.2) is 12.2 Å². The summed E-state index contributed by atoms with van der Waals surface area (Å²) in [6.45, 7) is 13.4. The maximum atomic E-state index is 12.0. The Morgan fingerprint density at radius 1 is 0.520 bits per heavy atom. The summed E-state index contributed by atoms with van der Waals surface area (Å²) in [4.78, 5) is 24.0. The minimum absolute atomic E-state index is 0.146. The van der Waals surface area contributed by atoms with Gasteiger partial charge in [-0.15, -0.1) is 0 Å². The first-order valence-corrected chi connectivity index (χ1v) is 19.0. The molecule has 0 aliphatic carbocycles. The van der Waals surface area contributed by atoms with E-state index < -0.39 is 12.2 Å². The molecule has 0 aliphatic rings. The third-order valence-electron chi connectivity index (χ3n) is 8.71. The predicted molar refractivity (Wildman–Crippen MR) is 201 cm³/mol. The minimum Gasteiger partial charge on any atom is -0.488 e. The zero-order valence-corrected chi connectivity index (χ0v) is 31.6. The highest BCUT2D eigenvalue weighted by Gasteiger charge is 2.22. The number of hydrogen-bond acceptors (Lipinski definition) is 8. The second-order valence-electron chi connectivity index (χ2n) is 13.5. The molecule has 0 bridgehead atoms. The highest BCUT2D eigenvalue weighted by molar-refractivity contribution is 6.11. The molecule has 0 amide bonds. The summed E-state index contributed by atoms with van der Waals surface area (Å²) in [5.41, 5.74) is 2.14. The highest BCUT2D eigenvalue weighted by atomic mass is 16.6. The number of ether oxygens (including phenoxy) is 6. The van der Waals surface area contributed by atoms with E-state index in [0.29, 0.717) is 24.7 Å². The number of carbonyl (C=O) groups excluding carboxylic acids is 2. The first kappa shape index (κ1) is 41.1. The van der Waals surface area contributed by atoms with Gasteiger partial charge in [-0.05, 0) is 38.8 Å². The molecule has 8 heteroatoms. The van der Waals surface area contributed by atoms with E-state index in [1.807, 2.05) is 38.1 Å². The van der Waals surface area contributed by atoms with Gasteiger partial charge in [-0.25, -0.2) is 0 Å². The van der Waals surface area contributed by atoms with Crippen molar-refractivity contribution in [3.8, 4) is 11.5 Å². The van der Waals surface area contributed by atoms with Gasteiger partial charge in [0.2, 0.25) is 0 Å². The Hall–Kier alpha value is -3.36. The van der Waals surface area contributed by atoms with Gasteiger partial charge in [0.05, 0.1) is 13.2 Å². The lowest BCUT2D eigenvalue weighted by Crippen LogP contribution is -2.29. The third kappa shape index (κ3) is 14.5. The zero-order valence-electron chi connectivity index (χ0n) is 31.6. The van der Waals surface area contributed by atoms with Crippen molar-refractivity contribution < 1.29 is 38.0 Å². The fourth-order valence-electron chi connectivity index (χ4n) is 6.14. The van der Waals surface area contributed by atoms with E-state index in [-0.39, 0.29) is 38.4 Å². The molecule has 0 aliphatic heterocycles. The quantitative estimate of drug-likeness (QED) is 0.0466. The van der Waals surface area contributed by atoms with Crippen LogP contribution >= 0.6 is 0 Å². The smallest absolute Gasteiger partial charge is 0.303 e. The molecule has 0 aromatic heterocycles. The Labute approximate surface area is 300 Å². The van der Waals surface area contributed by atoms with Gasteiger partial charge >= 0.3 is 11.9 Å². The Balaban J connectivity index is 1.79. The Bertz CT molecular complexity index is 1340. The van der Waals surface area contributed by atoms with Crippen molar-refractivity contribution in [3.63, 3.8) is 0 Å². The first-order valence-electron chi connectivity index (χ1n) is 19.0. The monoisotopic (exact) mass is 694 g/mol. The van der Waals surface area contributed by atoms with Crippen LogP contribution in [0, 0.1) is 13.8 Å². The summed E-state index contributed by atoms with van der Waals surface area (Å²) in [7, 11) is 0. The lowest BCUT2D eigenvalue weighted by molar-refractivity contribution is -0.152. The molecule has 278 valence electrons. The Morgan fingerprint density at radius 3 is 1.28 bits per heavy atom. The van der Waals surface area contributed by atoms with Crippen molar-refractivity contribution in [1.82, 2.24) is 0 Å². The van der Waals surface area contributed by atoms with Gasteiger partial charge in [0, 0.05) is 48.6 Å². The van der Waals surface area contributed by atoms with Crippen LogP contribution in [0.3, 0.4) is 0 Å². The topological polar surface area (TPSA) is 89.5 Å². The average molecular weight is 695 g/mol. The molecule has 2 unspecified atom stereocenters. The maximum Gasteiger partial charge on any atom is 0.303 e. The van der Waals surface area contributed by atoms with E-state index in [2.05, 4.69) is 26.0 Å². The van der Waals surface area contributed by atoms with E-state index in [4.69, 9.17) is 28.4 Å². The number of carbonyl (C=O) groups is 2. The summed E-state index contributed by atoms with van der Waals surface area (Å²) < 4.78 is 36.2. The second-order valence-corrected chi connectivity index (χ2v) is 13.5. The average Bonchev–Trinajstić information content (AvgIpc) is 3.07. The lowest BCUT2D eigenvalue weighted by atomic mass is 9.97. The molecule has 0 heterocycles. The van der Waals surface area contributed by atoms with Crippen molar-refractivity contribution in [2.75, 3.05) is 39.6 Å². The standard InChI is InChI=1S/C42H62O8/c1-7-9-11-13-15-17-23-45-27-35(49-33(5)43)29-47-41-37-21-19-32(4)26-40(37)42(38-22-20-31(3)25-39(38)41)48-30-36(50-34(6)44)28-46-24-18-16-14-12-10-8-2/h19-22,25-26,35-36H,7-18,23-24,27-30H2,1-6H3. The zero-order chi connectivity index (χ0) is 36.1. The van der Waals surface area contributed by atoms with Gasteiger partial charge in [0.1, 0.15) is 24.7 Å². The molecule has 0 spiro atoms. The first-order chi connectivity index (χ1) is 24.2. The molecule has 3 rings (SSSR count). The molecule has 8 nitrogen and oxygen atoms in total. The van der Waals surface area contributed by atoms with Crippen molar-refractivity contribution in [3.05, 3.63) is 47.5 Å². The number of unbranched alkanes of at least 4 members (excludes halogenated alkanes) is 10. The number of benzene rings is 3. The van der Waals surface area contributed by atoms with Crippen LogP contribution in [0.25, 0.3) is 21.5 Å². The number of hydrogen-bond donors (Lipinski definition) is 0. The van der Waals surface area contributed by atoms with Gasteiger partial charge in [-0.1, -0.05) is 113 Å². The van der Waals surface area contributed by atoms with E-state index in [1.54, 1.807) is 0 Å². The second kappa shape index (κ2) is 23.2. The SMILES string of the molecule is CCCCCCCCOCC(COc1c2ccc(C)cc2c(OCC(COCCCCCCCC)OC(C)=O)c2ccc(C)cc12)OC(C)=O. The maximum absolute atomic E-state index is 12.0. The van der Waals surface area contributed by atoms with Crippen molar-refractivity contribution >= 4 is 33.5 Å². The van der Waals surface area contributed by atoms with Crippen molar-refractivity contribution in [2.45, 2.75) is 131 Å². The fraction of sp³-hybridized carbons (Fsp3) is 0.619. The molecule has 3 aromatic carbocycles. The molecule has 0 saturated heterocycles. The summed E-state index contributed by atoms with van der Waals surface area (Å²) in [5.74, 6) is 0.644. The van der Waals surface area contributed by atoms with E-state index in [0.717, 1.165) is 58.4 Å². The normalized spacial score (nSPS) is 12.6. The number of esters is 2. The van der Waals surface area contributed by atoms with Gasteiger partial charge in [-0.3, -0.25) is 9.59 Å². The summed E-state index contributed by atoms with van der Waals surface area (Å²) >= 11 is 0. The van der Waals surface area contributed by atoms with Crippen LogP contribution in [0.5, 0.6) is 11.5 Å². The van der Waals surface area contributed by atoms with Crippen LogP contribution in [0.4, 0.5) is 0 Å². The molecule has 0 saturated carbocycles. The van der Waals surface area contributed by atoms with Crippen LogP contribution in [-0.2, 0) is 28.5 Å². The van der Waals surface area contributed by atoms with E-state index in [9.17, 15) is 9.59 Å². The van der Waals surface area contributed by atoms with Crippen molar-refractivity contribution in [1.29, 1.82) is 0 Å². The Morgan fingerprint density at radius 2 is 0.900 bits per heavy atom. The Kier molecular flexibility index (Phi) is 19.0. The number of aryl methyl sites for hydroxylation is 2. The molecule has 0 N–H and O–H groups in total. The van der Waals surface area contributed by atoms with Crippen LogP contribution in [-0.4, -0.2) is 63.8 Å². The molecule has 50 heavy (non-hydrogen) atoms. The van der Waals surface area contributed by atoms with Crippen LogP contribution < -0.4 is 9.47 Å². The summed E-state index contributed by atoms with van der Waals surface area (Å²) in [5, 5.41) is 3.52. The van der Waals surface area contributed by atoms with E-state index in [1.165, 1.54) is 65.2 Å². The third-order valence-corrected chi connectivity index (χ3v) is 8.71. The predicted octanol–water partition coefficient (Wildman–Crippen LogP) is 9.99.